The number of aliphatic hydroxyl groups excluding tert-OH is 1. The summed E-state index contributed by atoms with van der Waals surface area (Å²) in [7, 11) is 1.19. The van der Waals surface area contributed by atoms with Gasteiger partial charge in [-0.2, -0.15) is 0 Å². The zero-order valence-corrected chi connectivity index (χ0v) is 7.52. The summed E-state index contributed by atoms with van der Waals surface area (Å²) in [6.45, 7) is -0.501. The maximum absolute atomic E-state index is 11.0. The highest BCUT2D eigenvalue weighted by atomic mass is 16.5. The lowest BCUT2D eigenvalue weighted by Gasteiger charge is -2.06. The van der Waals surface area contributed by atoms with E-state index < -0.39 is 12.6 Å². The Morgan fingerprint density at radius 2 is 1.86 bits per heavy atom. The van der Waals surface area contributed by atoms with Crippen molar-refractivity contribution in [1.29, 1.82) is 0 Å². The smallest absolute Gasteiger partial charge is 0.338 e. The molecule has 14 heavy (non-hydrogen) atoms. The zero-order chi connectivity index (χ0) is 10.7. The van der Waals surface area contributed by atoms with Crippen LogP contribution in [0.5, 0.6) is 11.5 Å². The highest BCUT2D eigenvalue weighted by molar-refractivity contribution is 5.90. The van der Waals surface area contributed by atoms with Crippen LogP contribution in [0.3, 0.4) is 0 Å². The summed E-state index contributed by atoms with van der Waals surface area (Å²) in [4.78, 5) is 11.0. The van der Waals surface area contributed by atoms with Gasteiger partial charge in [0.2, 0.25) is 0 Å². The fourth-order valence-electron chi connectivity index (χ4n) is 1.04. The Hall–Kier alpha value is -1.75. The summed E-state index contributed by atoms with van der Waals surface area (Å²) in [6.07, 6.45) is 0. The first-order valence-electron chi connectivity index (χ1n) is 3.84. The predicted octanol–water partition coefficient (Wildman–Crippen LogP) is 0.377. The second-order valence-corrected chi connectivity index (χ2v) is 2.64. The minimum Gasteiger partial charge on any atom is -0.507 e. The topological polar surface area (TPSA) is 87.0 Å². The average Bonchev–Trinajstić information content (AvgIpc) is 2.16. The minimum atomic E-state index is -0.667. The van der Waals surface area contributed by atoms with E-state index in [1.165, 1.54) is 7.11 Å². The van der Waals surface area contributed by atoms with Crippen LogP contribution < -0.4 is 0 Å². The number of phenols is 2. The third-order valence-electron chi connectivity index (χ3n) is 1.78. The lowest BCUT2D eigenvalue weighted by molar-refractivity contribution is 0.0599. The first-order chi connectivity index (χ1) is 6.60. The van der Waals surface area contributed by atoms with Crippen molar-refractivity contribution in [1.82, 2.24) is 0 Å². The molecule has 1 aromatic carbocycles. The highest BCUT2D eigenvalue weighted by Crippen LogP contribution is 2.28. The van der Waals surface area contributed by atoms with Gasteiger partial charge in [-0.3, -0.25) is 0 Å². The van der Waals surface area contributed by atoms with Gasteiger partial charge in [0.1, 0.15) is 11.5 Å². The average molecular weight is 198 g/mol. The van der Waals surface area contributed by atoms with Gasteiger partial charge in [0.25, 0.3) is 0 Å². The first kappa shape index (κ1) is 10.3. The predicted molar refractivity (Wildman–Crippen MR) is 47.0 cm³/mol. The fourth-order valence-corrected chi connectivity index (χ4v) is 1.04. The molecule has 0 aromatic heterocycles. The first-order valence-corrected chi connectivity index (χ1v) is 3.84. The van der Waals surface area contributed by atoms with Crippen molar-refractivity contribution >= 4 is 5.97 Å². The summed E-state index contributed by atoms with van der Waals surface area (Å²) in [5.41, 5.74) is 0.0114. The molecule has 0 aliphatic heterocycles. The number of methoxy groups -OCH3 is 1. The molecule has 0 radical (unpaired) electrons. The number of aliphatic hydroxyl groups is 1. The van der Waals surface area contributed by atoms with Crippen molar-refractivity contribution in [2.24, 2.45) is 0 Å². The van der Waals surface area contributed by atoms with Gasteiger partial charge < -0.3 is 20.1 Å². The molecule has 0 fully saturated rings. The summed E-state index contributed by atoms with van der Waals surface area (Å²) < 4.78 is 4.40. The summed E-state index contributed by atoms with van der Waals surface area (Å²) >= 11 is 0. The van der Waals surface area contributed by atoms with E-state index >= 15 is 0 Å². The molecule has 5 nitrogen and oxygen atoms in total. The van der Waals surface area contributed by atoms with E-state index in [1.54, 1.807) is 0 Å². The number of aromatic hydroxyl groups is 2. The van der Waals surface area contributed by atoms with E-state index in [9.17, 15) is 15.0 Å². The molecule has 0 amide bonds. The molecule has 0 bridgehead atoms. The van der Waals surface area contributed by atoms with E-state index in [0.717, 1.165) is 12.1 Å². The van der Waals surface area contributed by atoms with Crippen molar-refractivity contribution in [3.05, 3.63) is 23.3 Å². The van der Waals surface area contributed by atoms with E-state index in [4.69, 9.17) is 5.11 Å². The summed E-state index contributed by atoms with van der Waals surface area (Å²) in [6, 6.07) is 2.24. The van der Waals surface area contributed by atoms with Gasteiger partial charge in [-0.1, -0.05) is 0 Å². The van der Waals surface area contributed by atoms with Crippen LogP contribution in [-0.2, 0) is 11.3 Å². The SMILES string of the molecule is COC(=O)c1cc(O)c(CO)c(O)c1. The normalized spacial score (nSPS) is 9.86. The lowest BCUT2D eigenvalue weighted by atomic mass is 10.1. The maximum atomic E-state index is 11.0. The Morgan fingerprint density at radius 3 is 2.21 bits per heavy atom. The van der Waals surface area contributed by atoms with E-state index in [1.807, 2.05) is 0 Å². The van der Waals surface area contributed by atoms with Gasteiger partial charge in [0.05, 0.1) is 24.8 Å². The van der Waals surface area contributed by atoms with E-state index in [2.05, 4.69) is 4.74 Å². The number of benzene rings is 1. The van der Waals surface area contributed by atoms with Crippen molar-refractivity contribution in [3.8, 4) is 11.5 Å². The Labute approximate surface area is 80.2 Å². The van der Waals surface area contributed by atoms with Crippen LogP contribution in [0.2, 0.25) is 0 Å². The second kappa shape index (κ2) is 3.97. The van der Waals surface area contributed by atoms with E-state index in [0.29, 0.717) is 0 Å². The molecule has 1 aromatic rings. The molecule has 0 atom stereocenters. The third kappa shape index (κ3) is 1.77. The minimum absolute atomic E-state index is 0.0161. The molecular formula is C9H10O5. The van der Waals surface area contributed by atoms with Crippen molar-refractivity contribution in [2.75, 3.05) is 7.11 Å². The van der Waals surface area contributed by atoms with Crippen LogP contribution in [0, 0.1) is 0 Å². The standard InChI is InChI=1S/C9H10O5/c1-14-9(13)5-2-7(11)6(4-10)8(12)3-5/h2-3,10-12H,4H2,1H3. The van der Waals surface area contributed by atoms with Gasteiger partial charge >= 0.3 is 5.97 Å². The number of rotatable bonds is 2. The van der Waals surface area contributed by atoms with Gasteiger partial charge in [-0.05, 0) is 12.1 Å². The summed E-state index contributed by atoms with van der Waals surface area (Å²) in [5.74, 6) is -1.35. The van der Waals surface area contributed by atoms with Gasteiger partial charge in [0.15, 0.2) is 0 Å². The molecule has 0 heterocycles. The molecule has 0 saturated heterocycles. The lowest BCUT2D eigenvalue weighted by Crippen LogP contribution is -2.01. The van der Waals surface area contributed by atoms with E-state index in [-0.39, 0.29) is 22.6 Å². The number of hydrogen-bond donors (Lipinski definition) is 3. The number of carbonyl (C=O) groups excluding carboxylic acids is 1. The Balaban J connectivity index is 3.20. The molecule has 0 aliphatic carbocycles. The maximum Gasteiger partial charge on any atom is 0.338 e. The number of hydrogen-bond acceptors (Lipinski definition) is 5. The van der Waals surface area contributed by atoms with Gasteiger partial charge in [-0.15, -0.1) is 0 Å². The Kier molecular flexibility index (Phi) is 2.93. The zero-order valence-electron chi connectivity index (χ0n) is 7.52. The molecule has 0 aliphatic rings. The molecule has 0 saturated carbocycles. The number of carbonyl (C=O) groups is 1. The van der Waals surface area contributed by atoms with Crippen LogP contribution >= 0.6 is 0 Å². The molecule has 3 N–H and O–H groups in total. The van der Waals surface area contributed by atoms with Crippen LogP contribution in [-0.4, -0.2) is 28.4 Å². The van der Waals surface area contributed by atoms with Gasteiger partial charge in [0, 0.05) is 0 Å². The van der Waals surface area contributed by atoms with Crippen molar-refractivity contribution in [3.63, 3.8) is 0 Å². The highest BCUT2D eigenvalue weighted by Gasteiger charge is 2.13. The Morgan fingerprint density at radius 1 is 1.36 bits per heavy atom. The van der Waals surface area contributed by atoms with Crippen LogP contribution in [0.25, 0.3) is 0 Å². The largest absolute Gasteiger partial charge is 0.507 e. The van der Waals surface area contributed by atoms with Crippen LogP contribution in [0.1, 0.15) is 15.9 Å². The number of esters is 1. The van der Waals surface area contributed by atoms with Gasteiger partial charge in [-0.25, -0.2) is 4.79 Å². The summed E-state index contributed by atoms with van der Waals surface area (Å²) in [5, 5.41) is 27.3. The molecule has 0 unspecified atom stereocenters. The monoisotopic (exact) mass is 198 g/mol. The molecule has 0 spiro atoms. The molecule has 1 rings (SSSR count). The fraction of sp³-hybridized carbons (Fsp3) is 0.222. The van der Waals surface area contributed by atoms with Crippen LogP contribution in [0.4, 0.5) is 0 Å². The molecule has 5 heteroatoms. The quantitative estimate of drug-likeness (QED) is 0.598. The molecular weight excluding hydrogens is 188 g/mol. The van der Waals surface area contributed by atoms with Crippen LogP contribution in [0.15, 0.2) is 12.1 Å². The van der Waals surface area contributed by atoms with Crippen molar-refractivity contribution < 1.29 is 24.9 Å². The second-order valence-electron chi connectivity index (χ2n) is 2.64. The van der Waals surface area contributed by atoms with Crippen molar-refractivity contribution in [2.45, 2.75) is 6.61 Å². The Bertz CT molecular complexity index is 335. The third-order valence-corrected chi connectivity index (χ3v) is 1.78. The number of ether oxygens (including phenoxy) is 1. The molecule has 76 valence electrons.